The molecule has 1 aliphatic heterocycles. The number of fused-ring (bicyclic) bond motifs is 4. The van der Waals surface area contributed by atoms with Gasteiger partial charge in [-0.1, -0.05) is 41.4 Å². The molecule has 0 saturated heterocycles. The highest BCUT2D eigenvalue weighted by Crippen LogP contribution is 2.50. The van der Waals surface area contributed by atoms with E-state index in [1.165, 1.54) is 4.90 Å². The van der Waals surface area contributed by atoms with Gasteiger partial charge in [-0.3, -0.25) is 0 Å². The summed E-state index contributed by atoms with van der Waals surface area (Å²) in [5, 5.41) is 2.19. The van der Waals surface area contributed by atoms with Gasteiger partial charge in [0.15, 0.2) is 0 Å². The molecule has 158 valence electrons. The predicted molar refractivity (Wildman–Crippen MR) is 119 cm³/mol. The highest BCUT2D eigenvalue weighted by atomic mass is 16.5. The first-order valence-corrected chi connectivity index (χ1v) is 11.0. The largest absolute Gasteiger partial charge is 0.468 e. The van der Waals surface area contributed by atoms with E-state index in [9.17, 15) is 0 Å². The molecule has 0 bridgehead atoms. The molecule has 1 aliphatic rings. The van der Waals surface area contributed by atoms with Gasteiger partial charge in [0.2, 0.25) is 12.1 Å². The van der Waals surface area contributed by atoms with Gasteiger partial charge >= 0.3 is 5.88 Å². The molecule has 1 atom stereocenters. The molecular formula is C25H28N4O2+2. The van der Waals surface area contributed by atoms with Crippen LogP contribution in [0.3, 0.4) is 0 Å². The van der Waals surface area contributed by atoms with Crippen LogP contribution in [0.2, 0.25) is 0 Å². The summed E-state index contributed by atoms with van der Waals surface area (Å²) < 4.78 is 14.3. The SMILES string of the molecule is CC[NH+](CC)CC[n+]1cnc2c(c1N)[C@@H](c1ccco1)c1ccc3ccccc3c1O2. The Morgan fingerprint density at radius 1 is 1.06 bits per heavy atom. The van der Waals surface area contributed by atoms with Crippen LogP contribution in [0.25, 0.3) is 10.8 Å². The summed E-state index contributed by atoms with van der Waals surface area (Å²) in [7, 11) is 0. The number of quaternary nitrogens is 1. The first kappa shape index (κ1) is 19.6. The smallest absolute Gasteiger partial charge is 0.306 e. The number of hydrogen-bond donors (Lipinski definition) is 2. The molecule has 0 spiro atoms. The number of ether oxygens (including phenoxy) is 1. The van der Waals surface area contributed by atoms with Gasteiger partial charge in [0.1, 0.15) is 30.2 Å². The molecule has 0 saturated carbocycles. The van der Waals surface area contributed by atoms with Crippen LogP contribution in [0.4, 0.5) is 5.82 Å². The van der Waals surface area contributed by atoms with Gasteiger partial charge in [0, 0.05) is 10.9 Å². The van der Waals surface area contributed by atoms with Gasteiger partial charge in [-0.05, 0) is 31.4 Å². The number of nitrogen functional groups attached to an aromatic ring is 1. The molecule has 5 rings (SSSR count). The van der Waals surface area contributed by atoms with Crippen LogP contribution in [0.5, 0.6) is 11.6 Å². The second-order valence-corrected chi connectivity index (χ2v) is 8.00. The number of nitrogens with zero attached hydrogens (tertiary/aromatic N) is 2. The van der Waals surface area contributed by atoms with Gasteiger partial charge in [-0.15, -0.1) is 0 Å². The molecular weight excluding hydrogens is 388 g/mol. The van der Waals surface area contributed by atoms with E-state index in [4.69, 9.17) is 14.9 Å². The number of nitrogens with two attached hydrogens (primary N) is 1. The minimum absolute atomic E-state index is 0.167. The molecule has 6 nitrogen and oxygen atoms in total. The maximum absolute atomic E-state index is 6.73. The van der Waals surface area contributed by atoms with E-state index in [0.717, 1.165) is 59.6 Å². The van der Waals surface area contributed by atoms with Crippen LogP contribution in [0, 0.1) is 0 Å². The van der Waals surface area contributed by atoms with Gasteiger partial charge in [0.25, 0.3) is 0 Å². The summed E-state index contributed by atoms with van der Waals surface area (Å²) in [4.78, 5) is 6.21. The quantitative estimate of drug-likeness (QED) is 0.418. The lowest BCUT2D eigenvalue weighted by molar-refractivity contribution is -0.915. The summed E-state index contributed by atoms with van der Waals surface area (Å²) in [6, 6.07) is 16.4. The van der Waals surface area contributed by atoms with Crippen molar-refractivity contribution < 1.29 is 18.6 Å². The average molecular weight is 417 g/mol. The summed E-state index contributed by atoms with van der Waals surface area (Å²) in [5.74, 6) is 2.72. The number of hydrogen-bond acceptors (Lipinski definition) is 4. The Labute approximate surface area is 181 Å². The molecule has 3 heterocycles. The monoisotopic (exact) mass is 416 g/mol. The van der Waals surface area contributed by atoms with Crippen molar-refractivity contribution in [2.24, 2.45) is 0 Å². The fourth-order valence-corrected chi connectivity index (χ4v) is 4.54. The predicted octanol–water partition coefficient (Wildman–Crippen LogP) is 2.91. The van der Waals surface area contributed by atoms with Crippen molar-refractivity contribution in [1.29, 1.82) is 0 Å². The zero-order valence-electron chi connectivity index (χ0n) is 18.0. The van der Waals surface area contributed by atoms with Crippen LogP contribution in [-0.2, 0) is 6.54 Å². The highest BCUT2D eigenvalue weighted by molar-refractivity contribution is 5.91. The number of nitrogens with one attached hydrogen (secondary N) is 1. The maximum Gasteiger partial charge on any atom is 0.306 e. The average Bonchev–Trinajstić information content (AvgIpc) is 3.34. The molecule has 0 radical (unpaired) electrons. The third-order valence-electron chi connectivity index (χ3n) is 6.37. The van der Waals surface area contributed by atoms with E-state index in [1.807, 2.05) is 28.8 Å². The Hall–Kier alpha value is -3.38. The molecule has 2 aromatic carbocycles. The van der Waals surface area contributed by atoms with Crippen molar-refractivity contribution in [3.63, 3.8) is 0 Å². The molecule has 0 fully saturated rings. The third kappa shape index (κ3) is 3.33. The lowest BCUT2D eigenvalue weighted by atomic mass is 9.86. The second-order valence-electron chi connectivity index (χ2n) is 8.00. The van der Waals surface area contributed by atoms with Crippen LogP contribution < -0.4 is 19.9 Å². The standard InChI is InChI=1S/C25H26N4O2/c1-3-28(4-2)13-14-29-16-27-25-22(24(29)26)21(20-10-7-15-30-20)19-12-11-17-8-5-6-9-18(17)23(19)31-25/h5-12,15-16,21,26H,3-4,13-14H2,1-2H3/p+2/t21-/m1/s1. The Morgan fingerprint density at radius 3 is 2.68 bits per heavy atom. The van der Waals surface area contributed by atoms with Gasteiger partial charge in [0.05, 0.1) is 25.3 Å². The molecule has 6 heteroatoms. The number of likely N-dealkylation sites (N-methyl/N-ethyl adjacent to an activating group) is 1. The molecule has 0 unspecified atom stereocenters. The van der Waals surface area contributed by atoms with Gasteiger partial charge in [-0.25, -0.2) is 4.57 Å². The summed E-state index contributed by atoms with van der Waals surface area (Å²) in [6.45, 7) is 8.40. The van der Waals surface area contributed by atoms with Crippen molar-refractivity contribution in [2.45, 2.75) is 26.3 Å². The molecule has 2 aromatic heterocycles. The zero-order chi connectivity index (χ0) is 21.4. The Morgan fingerprint density at radius 2 is 1.90 bits per heavy atom. The minimum Gasteiger partial charge on any atom is -0.468 e. The fraction of sp³-hybridized carbons (Fsp3) is 0.280. The highest BCUT2D eigenvalue weighted by Gasteiger charge is 2.38. The van der Waals surface area contributed by atoms with Gasteiger partial charge in [-0.2, -0.15) is 0 Å². The topological polar surface area (TPSA) is 69.6 Å². The lowest BCUT2D eigenvalue weighted by Gasteiger charge is -2.26. The fourth-order valence-electron chi connectivity index (χ4n) is 4.54. The Balaban J connectivity index is 1.65. The number of furan rings is 1. The number of anilines is 1. The van der Waals surface area contributed by atoms with Crippen molar-refractivity contribution in [1.82, 2.24) is 4.98 Å². The Bertz CT molecular complexity index is 1220. The van der Waals surface area contributed by atoms with Crippen LogP contribution in [-0.4, -0.2) is 24.6 Å². The maximum atomic E-state index is 6.73. The van der Waals surface area contributed by atoms with Crippen molar-refractivity contribution >= 4 is 16.6 Å². The first-order chi connectivity index (χ1) is 15.2. The third-order valence-corrected chi connectivity index (χ3v) is 6.37. The Kier molecular flexibility index (Phi) is 5.08. The number of rotatable bonds is 6. The van der Waals surface area contributed by atoms with E-state index >= 15 is 0 Å². The van der Waals surface area contributed by atoms with E-state index < -0.39 is 0 Å². The second kappa shape index (κ2) is 8.04. The van der Waals surface area contributed by atoms with E-state index in [0.29, 0.717) is 11.7 Å². The van der Waals surface area contributed by atoms with Crippen molar-refractivity contribution in [2.75, 3.05) is 25.4 Å². The summed E-state index contributed by atoms with van der Waals surface area (Å²) >= 11 is 0. The summed E-state index contributed by atoms with van der Waals surface area (Å²) in [6.07, 6.45) is 3.50. The zero-order valence-corrected chi connectivity index (χ0v) is 18.0. The first-order valence-electron chi connectivity index (χ1n) is 11.0. The molecule has 0 amide bonds. The normalized spacial score (nSPS) is 15.0. The molecule has 3 N–H and O–H groups in total. The van der Waals surface area contributed by atoms with E-state index in [-0.39, 0.29) is 5.92 Å². The van der Waals surface area contributed by atoms with Gasteiger partial charge < -0.3 is 19.8 Å². The molecule has 31 heavy (non-hydrogen) atoms. The molecule has 0 aliphatic carbocycles. The van der Waals surface area contributed by atoms with Crippen LogP contribution in [0.15, 0.2) is 65.5 Å². The van der Waals surface area contributed by atoms with E-state index in [1.54, 1.807) is 12.6 Å². The van der Waals surface area contributed by atoms with E-state index in [2.05, 4.69) is 43.1 Å². The molecule has 4 aromatic rings. The van der Waals surface area contributed by atoms with Crippen molar-refractivity contribution in [3.8, 4) is 11.6 Å². The number of aromatic nitrogens is 2. The minimum atomic E-state index is -0.167. The number of benzene rings is 2. The van der Waals surface area contributed by atoms with Crippen molar-refractivity contribution in [3.05, 3.63) is 78.0 Å². The van der Waals surface area contributed by atoms with Crippen LogP contribution in [0.1, 0.15) is 36.7 Å². The van der Waals surface area contributed by atoms with Crippen LogP contribution >= 0.6 is 0 Å². The summed E-state index contributed by atoms with van der Waals surface area (Å²) in [5.41, 5.74) is 8.65. The lowest BCUT2D eigenvalue weighted by Crippen LogP contribution is -3.12.